The number of likely N-dealkylation sites (N-methyl/N-ethyl adjacent to an activating group) is 1. The van der Waals surface area contributed by atoms with Gasteiger partial charge in [-0.1, -0.05) is 11.6 Å². The molecule has 1 atom stereocenters. The SMILES string of the molecule is CC(=O)N1CCCC1.CC1CN(C)CCN1c1cc(C#N)cc(Nc2nc(NC3CC3)n3ncc(C#N)c3n2)c1Cl. The highest BCUT2D eigenvalue weighted by molar-refractivity contribution is 6.36. The van der Waals surface area contributed by atoms with Gasteiger partial charge < -0.3 is 25.3 Å². The molecule has 1 unspecified atom stereocenters. The molecular formula is C28H34ClN11O. The predicted molar refractivity (Wildman–Crippen MR) is 157 cm³/mol. The van der Waals surface area contributed by atoms with Crippen LogP contribution in [0, 0.1) is 22.7 Å². The summed E-state index contributed by atoms with van der Waals surface area (Å²) in [5.41, 5.74) is 2.58. The Bertz CT molecular complexity index is 1510. The molecule has 1 aromatic carbocycles. The molecule has 12 nitrogen and oxygen atoms in total. The van der Waals surface area contributed by atoms with E-state index >= 15 is 0 Å². The quantitative estimate of drug-likeness (QED) is 0.463. The molecule has 1 aliphatic carbocycles. The lowest BCUT2D eigenvalue weighted by Crippen LogP contribution is -2.50. The summed E-state index contributed by atoms with van der Waals surface area (Å²) in [5, 5.41) is 30.4. The summed E-state index contributed by atoms with van der Waals surface area (Å²) in [6, 6.07) is 8.44. The molecular weight excluding hydrogens is 542 g/mol. The highest BCUT2D eigenvalue weighted by Gasteiger charge is 2.26. The fourth-order valence-electron chi connectivity index (χ4n) is 5.14. The lowest BCUT2D eigenvalue weighted by atomic mass is 10.1. The Hall–Kier alpha value is -4.13. The summed E-state index contributed by atoms with van der Waals surface area (Å²) >= 11 is 6.84. The number of anilines is 4. The van der Waals surface area contributed by atoms with Crippen molar-refractivity contribution in [1.82, 2.24) is 29.4 Å². The molecule has 214 valence electrons. The van der Waals surface area contributed by atoms with Gasteiger partial charge in [0.25, 0.3) is 0 Å². The summed E-state index contributed by atoms with van der Waals surface area (Å²) in [4.78, 5) is 26.1. The van der Waals surface area contributed by atoms with Crippen LogP contribution >= 0.6 is 11.6 Å². The molecule has 3 aliphatic rings. The van der Waals surface area contributed by atoms with Gasteiger partial charge in [-0.2, -0.15) is 30.1 Å². The molecule has 1 saturated carbocycles. The molecule has 6 rings (SSSR count). The van der Waals surface area contributed by atoms with Crippen LogP contribution in [0.1, 0.15) is 50.7 Å². The van der Waals surface area contributed by atoms with Gasteiger partial charge in [0.1, 0.15) is 11.6 Å². The highest BCUT2D eigenvalue weighted by Crippen LogP contribution is 2.37. The number of piperazine rings is 1. The second-order valence-electron chi connectivity index (χ2n) is 10.8. The topological polar surface area (TPSA) is 142 Å². The second-order valence-corrected chi connectivity index (χ2v) is 11.2. The third kappa shape index (κ3) is 6.45. The average molecular weight is 576 g/mol. The zero-order valence-corrected chi connectivity index (χ0v) is 24.3. The number of rotatable bonds is 5. The van der Waals surface area contributed by atoms with E-state index in [0.717, 1.165) is 51.3 Å². The third-order valence-electron chi connectivity index (χ3n) is 7.52. The molecule has 41 heavy (non-hydrogen) atoms. The number of fused-ring (bicyclic) bond motifs is 1. The van der Waals surface area contributed by atoms with Gasteiger partial charge in [-0.3, -0.25) is 4.79 Å². The molecule has 0 spiro atoms. The van der Waals surface area contributed by atoms with E-state index in [4.69, 9.17) is 11.6 Å². The third-order valence-corrected chi connectivity index (χ3v) is 7.92. The van der Waals surface area contributed by atoms with E-state index in [2.05, 4.69) is 61.6 Å². The van der Waals surface area contributed by atoms with Crippen LogP contribution in [-0.4, -0.2) is 87.1 Å². The van der Waals surface area contributed by atoms with Crippen molar-refractivity contribution in [2.24, 2.45) is 0 Å². The van der Waals surface area contributed by atoms with Crippen molar-refractivity contribution in [2.75, 3.05) is 55.3 Å². The van der Waals surface area contributed by atoms with Gasteiger partial charge in [-0.05, 0) is 51.8 Å². The standard InChI is InChI=1S/C22H23ClN10.C6H11NO/c1-13-12-31(2)5-6-32(13)18-8-14(9-24)7-17(19(18)23)28-21-29-20-15(10-25)11-26-33(20)22(30-21)27-16-3-4-16;1-6(8)7-4-2-3-5-7/h7-8,11,13,16H,3-6,12H2,1-2H3,(H2,27,28,29,30);2-5H2,1H3. The highest BCUT2D eigenvalue weighted by atomic mass is 35.5. The summed E-state index contributed by atoms with van der Waals surface area (Å²) < 4.78 is 1.53. The van der Waals surface area contributed by atoms with E-state index in [1.54, 1.807) is 13.0 Å². The number of nitrogens with one attached hydrogen (secondary N) is 2. The molecule has 0 bridgehead atoms. The Balaban J connectivity index is 0.000000365. The number of hydrogen-bond acceptors (Lipinski definition) is 10. The Morgan fingerprint density at radius 1 is 1.10 bits per heavy atom. The van der Waals surface area contributed by atoms with Gasteiger partial charge in [0.15, 0.2) is 5.65 Å². The van der Waals surface area contributed by atoms with Gasteiger partial charge >= 0.3 is 0 Å². The molecule has 2 saturated heterocycles. The number of aromatic nitrogens is 4. The van der Waals surface area contributed by atoms with Crippen molar-refractivity contribution in [1.29, 1.82) is 10.5 Å². The number of nitrogens with zero attached hydrogens (tertiary/aromatic N) is 9. The Morgan fingerprint density at radius 2 is 1.85 bits per heavy atom. The van der Waals surface area contributed by atoms with Crippen molar-refractivity contribution in [2.45, 2.75) is 51.6 Å². The number of hydrogen-bond donors (Lipinski definition) is 2. The lowest BCUT2D eigenvalue weighted by molar-refractivity contribution is -0.127. The number of nitriles is 2. The molecule has 4 heterocycles. The number of carbonyl (C=O) groups excluding carboxylic acids is 1. The number of amides is 1. The van der Waals surface area contributed by atoms with Gasteiger partial charge in [0.2, 0.25) is 17.8 Å². The van der Waals surface area contributed by atoms with Crippen molar-refractivity contribution in [3.8, 4) is 12.1 Å². The Kier molecular flexibility index (Phi) is 8.43. The van der Waals surface area contributed by atoms with Crippen LogP contribution in [0.5, 0.6) is 0 Å². The van der Waals surface area contributed by atoms with Crippen LogP contribution in [-0.2, 0) is 4.79 Å². The minimum Gasteiger partial charge on any atom is -0.365 e. The molecule has 2 N–H and O–H groups in total. The lowest BCUT2D eigenvalue weighted by Gasteiger charge is -2.40. The van der Waals surface area contributed by atoms with Gasteiger partial charge in [-0.15, -0.1) is 0 Å². The van der Waals surface area contributed by atoms with Crippen molar-refractivity contribution < 1.29 is 4.79 Å². The Labute approximate surface area is 244 Å². The summed E-state index contributed by atoms with van der Waals surface area (Å²) in [6.45, 7) is 8.37. The van der Waals surface area contributed by atoms with E-state index in [1.165, 1.54) is 23.6 Å². The fourth-order valence-corrected chi connectivity index (χ4v) is 5.40. The molecule has 0 radical (unpaired) electrons. The first-order chi connectivity index (χ1) is 19.8. The first-order valence-corrected chi connectivity index (χ1v) is 14.3. The van der Waals surface area contributed by atoms with Crippen LogP contribution in [0.3, 0.4) is 0 Å². The monoisotopic (exact) mass is 575 g/mol. The Morgan fingerprint density at radius 3 is 2.46 bits per heavy atom. The van der Waals surface area contributed by atoms with Crippen LogP contribution in [0.15, 0.2) is 18.3 Å². The summed E-state index contributed by atoms with van der Waals surface area (Å²) in [7, 11) is 2.10. The number of likely N-dealkylation sites (tertiary alicyclic amines) is 1. The summed E-state index contributed by atoms with van der Waals surface area (Å²) in [6.07, 6.45) is 5.98. The molecule has 1 amide bonds. The van der Waals surface area contributed by atoms with Crippen molar-refractivity contribution in [3.63, 3.8) is 0 Å². The minimum absolute atomic E-state index is 0.225. The van der Waals surface area contributed by atoms with Crippen LogP contribution in [0.4, 0.5) is 23.3 Å². The van der Waals surface area contributed by atoms with Crippen molar-refractivity contribution in [3.05, 3.63) is 34.5 Å². The number of benzene rings is 1. The number of halogens is 1. The second kappa shape index (κ2) is 12.2. The number of carbonyl (C=O) groups is 1. The molecule has 3 fully saturated rings. The van der Waals surface area contributed by atoms with Crippen LogP contribution in [0.2, 0.25) is 5.02 Å². The minimum atomic E-state index is 0.225. The zero-order chi connectivity index (χ0) is 29.1. The largest absolute Gasteiger partial charge is 0.365 e. The van der Waals surface area contributed by atoms with E-state index in [0.29, 0.717) is 39.5 Å². The molecule has 3 aromatic rings. The van der Waals surface area contributed by atoms with Crippen molar-refractivity contribution >= 4 is 46.4 Å². The van der Waals surface area contributed by atoms with Crippen LogP contribution in [0.25, 0.3) is 5.65 Å². The van der Waals surface area contributed by atoms with E-state index in [-0.39, 0.29) is 17.9 Å². The van der Waals surface area contributed by atoms with Gasteiger partial charge in [0, 0.05) is 51.7 Å². The maximum Gasteiger partial charge on any atom is 0.232 e. The van der Waals surface area contributed by atoms with Gasteiger partial charge in [0.05, 0.1) is 34.2 Å². The molecule has 13 heteroatoms. The van der Waals surface area contributed by atoms with Crippen LogP contribution < -0.4 is 15.5 Å². The summed E-state index contributed by atoms with van der Waals surface area (Å²) in [5.74, 6) is 1.01. The fraction of sp³-hybridized carbons (Fsp3) is 0.500. The van der Waals surface area contributed by atoms with E-state index in [1.807, 2.05) is 11.0 Å². The molecule has 2 aromatic heterocycles. The maximum absolute atomic E-state index is 10.6. The predicted octanol–water partition coefficient (Wildman–Crippen LogP) is 3.61. The maximum atomic E-state index is 10.6. The van der Waals surface area contributed by atoms with E-state index in [9.17, 15) is 15.3 Å². The normalized spacial score (nSPS) is 18.8. The first-order valence-electron chi connectivity index (χ1n) is 13.9. The average Bonchev–Trinajstić information content (AvgIpc) is 3.41. The smallest absolute Gasteiger partial charge is 0.232 e. The van der Waals surface area contributed by atoms with E-state index < -0.39 is 0 Å². The first kappa shape index (κ1) is 28.4. The zero-order valence-electron chi connectivity index (χ0n) is 23.6. The molecule has 2 aliphatic heterocycles. The van der Waals surface area contributed by atoms with Gasteiger partial charge in [-0.25, -0.2) is 0 Å².